The van der Waals surface area contributed by atoms with Crippen molar-refractivity contribution in [1.82, 2.24) is 0 Å². The molecule has 2 nitrogen and oxygen atoms in total. The van der Waals surface area contributed by atoms with Crippen LogP contribution >= 0.6 is 11.3 Å². The molecule has 0 aliphatic heterocycles. The van der Waals surface area contributed by atoms with Crippen LogP contribution in [-0.4, -0.2) is 0 Å². The lowest BCUT2D eigenvalue weighted by Gasteiger charge is -2.28. The van der Waals surface area contributed by atoms with Crippen molar-refractivity contribution in [2.45, 2.75) is 0 Å². The predicted octanol–water partition coefficient (Wildman–Crippen LogP) is 14.6. The van der Waals surface area contributed by atoms with Crippen LogP contribution in [-0.2, 0) is 0 Å². The van der Waals surface area contributed by atoms with Gasteiger partial charge in [0.1, 0.15) is 11.2 Å². The lowest BCUT2D eigenvalue weighted by atomic mass is 9.94. The van der Waals surface area contributed by atoms with Crippen molar-refractivity contribution in [2.75, 3.05) is 4.90 Å². The lowest BCUT2D eigenvalue weighted by Crippen LogP contribution is -2.10. The highest BCUT2D eigenvalue weighted by molar-refractivity contribution is 7.25. The SMILES string of the molecule is c1ccc2cc(N(c3ccc4ccccc4c3)c3cc4c(oc5cccc(-c6cccc7sc8ccccc8c67)c54)c4ccccc34)ccc2c1. The van der Waals surface area contributed by atoms with Gasteiger partial charge in [0.15, 0.2) is 0 Å². The summed E-state index contributed by atoms with van der Waals surface area (Å²) >= 11 is 1.86. The number of nitrogens with zero attached hydrogens (tertiary/aromatic N) is 1. The number of furan rings is 1. The van der Waals surface area contributed by atoms with E-state index in [4.69, 9.17) is 4.42 Å². The molecule has 9 aromatic carbocycles. The van der Waals surface area contributed by atoms with Crippen LogP contribution in [0.1, 0.15) is 0 Å². The zero-order chi connectivity index (χ0) is 33.5. The van der Waals surface area contributed by atoms with Gasteiger partial charge in [-0.1, -0.05) is 127 Å². The first-order chi connectivity index (χ1) is 25.3. The van der Waals surface area contributed by atoms with Crippen LogP contribution < -0.4 is 4.90 Å². The van der Waals surface area contributed by atoms with Crippen molar-refractivity contribution in [3.8, 4) is 11.1 Å². The molecule has 238 valence electrons. The summed E-state index contributed by atoms with van der Waals surface area (Å²) < 4.78 is 9.45. The first kappa shape index (κ1) is 28.4. The smallest absolute Gasteiger partial charge is 0.143 e. The fraction of sp³-hybridized carbons (Fsp3) is 0. The number of anilines is 3. The Morgan fingerprint density at radius 3 is 1.69 bits per heavy atom. The number of hydrogen-bond acceptors (Lipinski definition) is 3. The maximum Gasteiger partial charge on any atom is 0.143 e. The molecule has 0 unspecified atom stereocenters. The summed E-state index contributed by atoms with van der Waals surface area (Å²) in [5.41, 5.74) is 7.55. The van der Waals surface area contributed by atoms with Gasteiger partial charge < -0.3 is 9.32 Å². The van der Waals surface area contributed by atoms with E-state index in [1.165, 1.54) is 52.8 Å². The topological polar surface area (TPSA) is 16.4 Å². The molecular formula is C48H29NOS. The zero-order valence-electron chi connectivity index (χ0n) is 27.5. The van der Waals surface area contributed by atoms with E-state index in [9.17, 15) is 0 Å². The van der Waals surface area contributed by atoms with Crippen LogP contribution in [0.5, 0.6) is 0 Å². The summed E-state index contributed by atoms with van der Waals surface area (Å²) in [6.07, 6.45) is 0. The summed E-state index contributed by atoms with van der Waals surface area (Å²) in [6, 6.07) is 63.8. The van der Waals surface area contributed by atoms with E-state index < -0.39 is 0 Å². The van der Waals surface area contributed by atoms with Crippen molar-refractivity contribution in [3.05, 3.63) is 176 Å². The fourth-order valence-corrected chi connectivity index (χ4v) is 9.23. The van der Waals surface area contributed by atoms with Gasteiger partial charge in [0.2, 0.25) is 0 Å². The molecular weight excluding hydrogens is 639 g/mol. The monoisotopic (exact) mass is 667 g/mol. The minimum Gasteiger partial charge on any atom is -0.455 e. The largest absolute Gasteiger partial charge is 0.455 e. The summed E-state index contributed by atoms with van der Waals surface area (Å²) in [5.74, 6) is 0. The number of rotatable bonds is 4. The van der Waals surface area contributed by atoms with Gasteiger partial charge in [-0.15, -0.1) is 11.3 Å². The second kappa shape index (κ2) is 11.0. The van der Waals surface area contributed by atoms with Crippen LogP contribution in [0.25, 0.3) is 85.6 Å². The number of fused-ring (bicyclic) bond motifs is 10. The van der Waals surface area contributed by atoms with Crippen molar-refractivity contribution in [1.29, 1.82) is 0 Å². The van der Waals surface area contributed by atoms with Crippen LogP contribution in [0, 0.1) is 0 Å². The van der Waals surface area contributed by atoms with Crippen LogP contribution in [0.2, 0.25) is 0 Å². The van der Waals surface area contributed by atoms with Gasteiger partial charge in [0.05, 0.1) is 5.69 Å². The molecule has 0 bridgehead atoms. The molecule has 0 saturated carbocycles. The van der Waals surface area contributed by atoms with E-state index in [0.29, 0.717) is 0 Å². The van der Waals surface area contributed by atoms with Gasteiger partial charge in [-0.25, -0.2) is 0 Å². The summed E-state index contributed by atoms with van der Waals surface area (Å²) in [5, 5.41) is 11.9. The Balaban J connectivity index is 1.25. The van der Waals surface area contributed by atoms with Crippen LogP contribution in [0.3, 0.4) is 0 Å². The molecule has 2 heterocycles. The summed E-state index contributed by atoms with van der Waals surface area (Å²) in [6.45, 7) is 0. The minimum absolute atomic E-state index is 0.893. The Hall–Kier alpha value is -6.42. The van der Waals surface area contributed by atoms with Gasteiger partial charge >= 0.3 is 0 Å². The third-order valence-electron chi connectivity index (χ3n) is 10.4. The van der Waals surface area contributed by atoms with Crippen molar-refractivity contribution >= 4 is 103 Å². The zero-order valence-corrected chi connectivity index (χ0v) is 28.3. The number of benzene rings is 9. The average molecular weight is 668 g/mol. The molecule has 51 heavy (non-hydrogen) atoms. The molecule has 0 spiro atoms. The third kappa shape index (κ3) is 4.35. The molecule has 11 aromatic rings. The second-order valence-electron chi connectivity index (χ2n) is 13.3. The second-order valence-corrected chi connectivity index (χ2v) is 14.4. The Kier molecular flexibility index (Phi) is 6.16. The fourth-order valence-electron chi connectivity index (χ4n) is 8.10. The minimum atomic E-state index is 0.893. The first-order valence-electron chi connectivity index (χ1n) is 17.3. The highest BCUT2D eigenvalue weighted by Crippen LogP contribution is 2.48. The number of thiophene rings is 1. The van der Waals surface area contributed by atoms with E-state index in [2.05, 4.69) is 181 Å². The van der Waals surface area contributed by atoms with E-state index in [0.717, 1.165) is 49.8 Å². The molecule has 0 saturated heterocycles. The third-order valence-corrected chi connectivity index (χ3v) is 11.5. The van der Waals surface area contributed by atoms with Gasteiger partial charge in [0, 0.05) is 53.1 Å². The summed E-state index contributed by atoms with van der Waals surface area (Å²) in [4.78, 5) is 2.43. The molecule has 0 fully saturated rings. The molecule has 0 radical (unpaired) electrons. The van der Waals surface area contributed by atoms with Gasteiger partial charge in [-0.3, -0.25) is 0 Å². The van der Waals surface area contributed by atoms with Crippen molar-refractivity contribution < 1.29 is 4.42 Å². The normalized spacial score (nSPS) is 11.9. The Bertz CT molecular complexity index is 3090. The predicted molar refractivity (Wildman–Crippen MR) is 219 cm³/mol. The highest BCUT2D eigenvalue weighted by atomic mass is 32.1. The van der Waals surface area contributed by atoms with Crippen LogP contribution in [0.15, 0.2) is 180 Å². The van der Waals surface area contributed by atoms with Gasteiger partial charge in [0.25, 0.3) is 0 Å². The quantitative estimate of drug-likeness (QED) is 0.186. The van der Waals surface area contributed by atoms with Crippen molar-refractivity contribution in [2.24, 2.45) is 0 Å². The van der Waals surface area contributed by atoms with Gasteiger partial charge in [-0.2, -0.15) is 0 Å². The maximum absolute atomic E-state index is 6.85. The van der Waals surface area contributed by atoms with E-state index in [-0.39, 0.29) is 0 Å². The van der Waals surface area contributed by atoms with E-state index in [1.54, 1.807) is 0 Å². The molecule has 0 N–H and O–H groups in total. The van der Waals surface area contributed by atoms with E-state index in [1.807, 2.05) is 11.3 Å². The Labute approximate surface area is 298 Å². The molecule has 11 rings (SSSR count). The standard InChI is InChI=1S/C48H29NOS/c1-3-13-32-27-34(25-23-30(32)11-1)49(35-26-24-31-12-2-4-14-33(31)28-35)42-29-41-46-37(18-9-20-43(46)50-48(41)39-16-6-5-15-36(39)42)38-19-10-22-45-47(38)40-17-7-8-21-44(40)51-45/h1-29H. The molecule has 2 aromatic heterocycles. The van der Waals surface area contributed by atoms with E-state index >= 15 is 0 Å². The molecule has 0 aliphatic rings. The summed E-state index contributed by atoms with van der Waals surface area (Å²) in [7, 11) is 0. The van der Waals surface area contributed by atoms with Crippen LogP contribution in [0.4, 0.5) is 17.1 Å². The maximum atomic E-state index is 6.85. The molecule has 0 amide bonds. The Morgan fingerprint density at radius 2 is 0.961 bits per heavy atom. The number of hydrogen-bond donors (Lipinski definition) is 0. The Morgan fingerprint density at radius 1 is 0.392 bits per heavy atom. The molecule has 3 heteroatoms. The first-order valence-corrected chi connectivity index (χ1v) is 18.2. The van der Waals surface area contributed by atoms with Gasteiger partial charge in [-0.05, 0) is 81.2 Å². The molecule has 0 aliphatic carbocycles. The highest BCUT2D eigenvalue weighted by Gasteiger charge is 2.23. The van der Waals surface area contributed by atoms with Crippen molar-refractivity contribution in [3.63, 3.8) is 0 Å². The molecule has 0 atom stereocenters. The average Bonchev–Trinajstić information content (AvgIpc) is 3.77. The lowest BCUT2D eigenvalue weighted by molar-refractivity contribution is 0.673.